The molecule has 29 heavy (non-hydrogen) atoms. The van der Waals surface area contributed by atoms with Gasteiger partial charge in [0.15, 0.2) is 0 Å². The Morgan fingerprint density at radius 2 is 1.83 bits per heavy atom. The van der Waals surface area contributed by atoms with Crippen LogP contribution in [-0.4, -0.2) is 42.6 Å². The summed E-state index contributed by atoms with van der Waals surface area (Å²) < 4.78 is 43.2. The number of hydrogen-bond acceptors (Lipinski definition) is 3. The van der Waals surface area contributed by atoms with Crippen molar-refractivity contribution in [2.45, 2.75) is 37.8 Å². The van der Waals surface area contributed by atoms with E-state index in [-0.39, 0.29) is 18.5 Å². The number of carbonyl (C=O) groups excluding carboxylic acids is 1. The van der Waals surface area contributed by atoms with E-state index in [0.717, 1.165) is 5.56 Å². The molecule has 2 atom stereocenters. The third-order valence-corrected chi connectivity index (χ3v) is 8.25. The number of benzene rings is 2. The van der Waals surface area contributed by atoms with Crippen LogP contribution in [0.5, 0.6) is 0 Å². The Bertz CT molecular complexity index is 1060. The van der Waals surface area contributed by atoms with Crippen molar-refractivity contribution < 1.29 is 17.6 Å². The molecule has 6 nitrogen and oxygen atoms in total. The van der Waals surface area contributed by atoms with E-state index in [9.17, 15) is 17.6 Å². The zero-order valence-corrected chi connectivity index (χ0v) is 17.4. The van der Waals surface area contributed by atoms with Gasteiger partial charge in [0.25, 0.3) is 10.2 Å². The molecule has 0 bridgehead atoms. The number of fused-ring (bicyclic) bond motifs is 2. The second-order valence-corrected chi connectivity index (χ2v) is 9.84. The fourth-order valence-electron chi connectivity index (χ4n) is 4.43. The first-order valence-electron chi connectivity index (χ1n) is 9.61. The highest BCUT2D eigenvalue weighted by Crippen LogP contribution is 2.55. The fraction of sp³-hybridized carbons (Fsp3) is 0.381. The lowest BCUT2D eigenvalue weighted by molar-refractivity contribution is -0.121. The Morgan fingerprint density at radius 1 is 1.17 bits per heavy atom. The minimum Gasteiger partial charge on any atom is -0.325 e. The standard InChI is InChI=1S/C21H24FN3O3S/c1-14(2)24(3)29(27,28)25-13-12-21(19(25)15-8-10-16(22)11-9-15)17-6-4-5-7-18(17)23-20(21)26/h4-11,14,19H,12-13H2,1-3H3,(H,23,26)/t19-,21+/m0/s1. The number of para-hydroxylation sites is 1. The van der Waals surface area contributed by atoms with E-state index >= 15 is 0 Å². The first-order valence-corrected chi connectivity index (χ1v) is 11.0. The molecule has 0 unspecified atom stereocenters. The van der Waals surface area contributed by atoms with Gasteiger partial charge in [-0.25, -0.2) is 4.39 Å². The Morgan fingerprint density at radius 3 is 2.48 bits per heavy atom. The number of amides is 1. The molecule has 1 saturated heterocycles. The molecule has 4 rings (SSSR count). The van der Waals surface area contributed by atoms with Gasteiger partial charge < -0.3 is 5.32 Å². The van der Waals surface area contributed by atoms with Crippen LogP contribution in [0.15, 0.2) is 48.5 Å². The van der Waals surface area contributed by atoms with E-state index in [1.54, 1.807) is 26.0 Å². The molecule has 0 aromatic heterocycles. The molecule has 8 heteroatoms. The highest BCUT2D eigenvalue weighted by molar-refractivity contribution is 7.86. The summed E-state index contributed by atoms with van der Waals surface area (Å²) in [4.78, 5) is 13.3. The SMILES string of the molecule is CC(C)N(C)S(=O)(=O)N1CC[C@]2(C(=O)Nc3ccccc32)[C@@H]1c1ccc(F)cc1. The van der Waals surface area contributed by atoms with Crippen molar-refractivity contribution in [3.05, 3.63) is 65.5 Å². The van der Waals surface area contributed by atoms with Gasteiger partial charge in [-0.3, -0.25) is 4.79 Å². The second-order valence-electron chi connectivity index (χ2n) is 7.90. The molecule has 1 N–H and O–H groups in total. The zero-order valence-electron chi connectivity index (χ0n) is 16.6. The number of hydrogen-bond donors (Lipinski definition) is 1. The number of nitrogens with zero attached hydrogens (tertiary/aromatic N) is 2. The van der Waals surface area contributed by atoms with E-state index in [0.29, 0.717) is 17.7 Å². The first kappa shape index (κ1) is 20.0. The molecule has 0 aliphatic carbocycles. The molecule has 2 heterocycles. The molecule has 2 aromatic rings. The van der Waals surface area contributed by atoms with Gasteiger partial charge in [-0.1, -0.05) is 30.3 Å². The number of carbonyl (C=O) groups is 1. The first-order chi connectivity index (χ1) is 13.7. The molecule has 1 amide bonds. The van der Waals surface area contributed by atoms with Crippen LogP contribution < -0.4 is 5.32 Å². The van der Waals surface area contributed by atoms with Gasteiger partial charge in [-0.2, -0.15) is 17.0 Å². The second kappa shape index (κ2) is 6.90. The third kappa shape index (κ3) is 2.89. The highest BCUT2D eigenvalue weighted by atomic mass is 32.2. The van der Waals surface area contributed by atoms with Crippen molar-refractivity contribution in [2.75, 3.05) is 18.9 Å². The minimum atomic E-state index is -3.84. The average molecular weight is 418 g/mol. The largest absolute Gasteiger partial charge is 0.325 e. The van der Waals surface area contributed by atoms with Gasteiger partial charge in [-0.05, 0) is 49.6 Å². The molecule has 1 spiro atoms. The van der Waals surface area contributed by atoms with Crippen molar-refractivity contribution >= 4 is 21.8 Å². The molecule has 1 fully saturated rings. The molecule has 0 saturated carbocycles. The maximum Gasteiger partial charge on any atom is 0.282 e. The zero-order chi connectivity index (χ0) is 21.0. The van der Waals surface area contributed by atoms with Crippen molar-refractivity contribution in [3.63, 3.8) is 0 Å². The predicted octanol–water partition coefficient (Wildman–Crippen LogP) is 3.05. The van der Waals surface area contributed by atoms with Crippen LogP contribution in [0.3, 0.4) is 0 Å². The molecular weight excluding hydrogens is 393 g/mol. The number of halogens is 1. The molecular formula is C21H24FN3O3S. The molecule has 2 aliphatic heterocycles. The molecule has 0 radical (unpaired) electrons. The van der Waals surface area contributed by atoms with Crippen molar-refractivity contribution in [2.24, 2.45) is 0 Å². The number of anilines is 1. The molecule has 154 valence electrons. The van der Waals surface area contributed by atoms with Gasteiger partial charge >= 0.3 is 0 Å². The van der Waals surface area contributed by atoms with E-state index in [1.165, 1.54) is 27.8 Å². The third-order valence-electron chi connectivity index (χ3n) is 6.12. The van der Waals surface area contributed by atoms with Crippen molar-refractivity contribution in [3.8, 4) is 0 Å². The van der Waals surface area contributed by atoms with Gasteiger partial charge in [0.05, 0.1) is 11.5 Å². The maximum atomic E-state index is 13.6. The quantitative estimate of drug-likeness (QED) is 0.831. The summed E-state index contributed by atoms with van der Waals surface area (Å²) in [5, 5.41) is 2.92. The topological polar surface area (TPSA) is 69.7 Å². The van der Waals surface area contributed by atoms with Crippen LogP contribution in [-0.2, 0) is 20.4 Å². The summed E-state index contributed by atoms with van der Waals surface area (Å²) in [6, 6.07) is 12.1. The van der Waals surface area contributed by atoms with Gasteiger partial charge in [0.2, 0.25) is 5.91 Å². The Labute approximate surface area is 170 Å². The van der Waals surface area contributed by atoms with Crippen LogP contribution in [0, 0.1) is 5.82 Å². The van der Waals surface area contributed by atoms with Gasteiger partial charge in [0.1, 0.15) is 5.82 Å². The van der Waals surface area contributed by atoms with Gasteiger partial charge in [-0.15, -0.1) is 0 Å². The summed E-state index contributed by atoms with van der Waals surface area (Å²) in [7, 11) is -2.30. The van der Waals surface area contributed by atoms with Gasteiger partial charge in [0, 0.05) is 25.3 Å². The lowest BCUT2D eigenvalue weighted by Gasteiger charge is -2.36. The Hall–Kier alpha value is -2.29. The minimum absolute atomic E-state index is 0.198. The highest BCUT2D eigenvalue weighted by Gasteiger charge is 2.61. The van der Waals surface area contributed by atoms with E-state index < -0.39 is 27.5 Å². The van der Waals surface area contributed by atoms with Crippen LogP contribution in [0.2, 0.25) is 0 Å². The van der Waals surface area contributed by atoms with Crippen molar-refractivity contribution in [1.29, 1.82) is 0 Å². The fourth-order valence-corrected chi connectivity index (χ4v) is 6.19. The molecule has 2 aromatic carbocycles. The summed E-state index contributed by atoms with van der Waals surface area (Å²) in [5.74, 6) is -0.635. The van der Waals surface area contributed by atoms with Crippen LogP contribution >= 0.6 is 0 Å². The van der Waals surface area contributed by atoms with E-state index in [1.807, 2.05) is 24.3 Å². The van der Waals surface area contributed by atoms with E-state index in [4.69, 9.17) is 0 Å². The number of nitrogens with one attached hydrogen (secondary N) is 1. The van der Waals surface area contributed by atoms with Crippen LogP contribution in [0.4, 0.5) is 10.1 Å². The summed E-state index contributed by atoms with van der Waals surface area (Å²) in [6.45, 7) is 3.80. The molecule has 2 aliphatic rings. The Balaban J connectivity index is 1.92. The average Bonchev–Trinajstić information content (AvgIpc) is 3.22. The van der Waals surface area contributed by atoms with Crippen LogP contribution in [0.25, 0.3) is 0 Å². The lowest BCUT2D eigenvalue weighted by Crippen LogP contribution is -2.48. The predicted molar refractivity (Wildman–Crippen MR) is 109 cm³/mol. The maximum absolute atomic E-state index is 13.6. The lowest BCUT2D eigenvalue weighted by atomic mass is 9.73. The van der Waals surface area contributed by atoms with Crippen molar-refractivity contribution in [1.82, 2.24) is 8.61 Å². The summed E-state index contributed by atoms with van der Waals surface area (Å²) in [5.41, 5.74) is 1.01. The monoisotopic (exact) mass is 417 g/mol. The number of rotatable bonds is 4. The summed E-state index contributed by atoms with van der Waals surface area (Å²) >= 11 is 0. The normalized spacial score (nSPS) is 24.5. The Kier molecular flexibility index (Phi) is 4.76. The summed E-state index contributed by atoms with van der Waals surface area (Å²) in [6.07, 6.45) is 0.350. The smallest absolute Gasteiger partial charge is 0.282 e. The van der Waals surface area contributed by atoms with Crippen LogP contribution in [0.1, 0.15) is 37.4 Å². The van der Waals surface area contributed by atoms with E-state index in [2.05, 4.69) is 5.32 Å².